The Hall–Kier alpha value is -0.840. The third kappa shape index (κ3) is 2.70. The van der Waals surface area contributed by atoms with Crippen LogP contribution in [0.3, 0.4) is 0 Å². The van der Waals surface area contributed by atoms with Crippen LogP contribution >= 0.6 is 27.5 Å². The van der Waals surface area contributed by atoms with Crippen molar-refractivity contribution in [3.05, 3.63) is 39.8 Å². The summed E-state index contributed by atoms with van der Waals surface area (Å²) < 4.78 is 6.28. The monoisotopic (exact) mass is 314 g/mol. The highest BCUT2D eigenvalue weighted by Crippen LogP contribution is 2.35. The lowest BCUT2D eigenvalue weighted by Gasteiger charge is -2.05. The van der Waals surface area contributed by atoms with Crippen molar-refractivity contribution in [2.24, 2.45) is 0 Å². The van der Waals surface area contributed by atoms with Gasteiger partial charge >= 0.3 is 0 Å². The van der Waals surface area contributed by atoms with E-state index in [1.54, 1.807) is 0 Å². The van der Waals surface area contributed by atoms with Crippen LogP contribution in [0, 0.1) is 0 Å². The normalized spacial score (nSPS) is 10.8. The Bertz CT molecular complexity index is 513. The van der Waals surface area contributed by atoms with Gasteiger partial charge in [-0.05, 0) is 34.6 Å². The van der Waals surface area contributed by atoms with Crippen LogP contribution in [0.2, 0.25) is 5.02 Å². The summed E-state index contributed by atoms with van der Waals surface area (Å²) in [6, 6.07) is 5.74. The van der Waals surface area contributed by atoms with Crippen molar-refractivity contribution < 1.29 is 4.42 Å². The van der Waals surface area contributed by atoms with E-state index in [1.807, 2.05) is 25.1 Å². The molecule has 2 rings (SSSR count). The SMILES string of the molecule is CCNCc1ncoc1-c1cccc(Br)c1Cl. The zero-order valence-corrected chi connectivity index (χ0v) is 11.7. The molecule has 0 aliphatic rings. The molecule has 0 spiro atoms. The number of oxazole rings is 1. The zero-order valence-electron chi connectivity index (χ0n) is 9.34. The molecule has 0 amide bonds. The van der Waals surface area contributed by atoms with Crippen molar-refractivity contribution >= 4 is 27.5 Å². The maximum absolute atomic E-state index is 6.24. The molecule has 0 aliphatic heterocycles. The van der Waals surface area contributed by atoms with Gasteiger partial charge in [-0.3, -0.25) is 0 Å². The molecule has 5 heteroatoms. The number of nitrogens with one attached hydrogen (secondary N) is 1. The average molecular weight is 316 g/mol. The molecule has 0 saturated heterocycles. The number of halogens is 2. The molecule has 0 atom stereocenters. The molecule has 2 aromatic rings. The van der Waals surface area contributed by atoms with E-state index in [4.69, 9.17) is 16.0 Å². The van der Waals surface area contributed by atoms with E-state index in [2.05, 4.69) is 26.2 Å². The Morgan fingerprint density at radius 3 is 3.06 bits per heavy atom. The minimum absolute atomic E-state index is 0.641. The summed E-state index contributed by atoms with van der Waals surface area (Å²) in [6.07, 6.45) is 1.44. The number of benzene rings is 1. The van der Waals surface area contributed by atoms with Crippen LogP contribution < -0.4 is 5.32 Å². The van der Waals surface area contributed by atoms with Crippen molar-refractivity contribution in [2.45, 2.75) is 13.5 Å². The topological polar surface area (TPSA) is 38.1 Å². The molecule has 0 fully saturated rings. The third-order valence-electron chi connectivity index (χ3n) is 2.38. The van der Waals surface area contributed by atoms with Gasteiger partial charge < -0.3 is 9.73 Å². The number of aromatic nitrogens is 1. The second-order valence-electron chi connectivity index (χ2n) is 3.51. The minimum Gasteiger partial charge on any atom is -0.443 e. The Morgan fingerprint density at radius 1 is 1.47 bits per heavy atom. The Morgan fingerprint density at radius 2 is 2.29 bits per heavy atom. The molecule has 0 saturated carbocycles. The Labute approximate surface area is 113 Å². The summed E-state index contributed by atoms with van der Waals surface area (Å²) in [7, 11) is 0. The number of nitrogens with zero attached hydrogens (tertiary/aromatic N) is 1. The molecule has 0 bridgehead atoms. The largest absolute Gasteiger partial charge is 0.443 e. The summed E-state index contributed by atoms with van der Waals surface area (Å²) in [6.45, 7) is 3.61. The molecule has 1 aromatic carbocycles. The maximum Gasteiger partial charge on any atom is 0.181 e. The second-order valence-corrected chi connectivity index (χ2v) is 4.74. The van der Waals surface area contributed by atoms with Gasteiger partial charge in [0.2, 0.25) is 0 Å². The molecular formula is C12H12BrClN2O. The number of rotatable bonds is 4. The fourth-order valence-electron chi connectivity index (χ4n) is 1.54. The first kappa shape index (κ1) is 12.6. The molecular weight excluding hydrogens is 304 g/mol. The van der Waals surface area contributed by atoms with Gasteiger partial charge in [0.05, 0.1) is 5.02 Å². The summed E-state index contributed by atoms with van der Waals surface area (Å²) in [5.74, 6) is 0.720. The van der Waals surface area contributed by atoms with Gasteiger partial charge in [0.15, 0.2) is 12.2 Å². The summed E-state index contributed by atoms with van der Waals surface area (Å²) in [5, 5.41) is 3.86. The van der Waals surface area contributed by atoms with Gasteiger partial charge in [0.25, 0.3) is 0 Å². The van der Waals surface area contributed by atoms with Crippen molar-refractivity contribution in [3.63, 3.8) is 0 Å². The quantitative estimate of drug-likeness (QED) is 0.931. The molecule has 1 heterocycles. The van der Waals surface area contributed by atoms with Crippen LogP contribution in [0.5, 0.6) is 0 Å². The van der Waals surface area contributed by atoms with Crippen LogP contribution in [-0.4, -0.2) is 11.5 Å². The number of hydrogen-bond donors (Lipinski definition) is 1. The van der Waals surface area contributed by atoms with Crippen molar-refractivity contribution in [2.75, 3.05) is 6.54 Å². The van der Waals surface area contributed by atoms with E-state index in [9.17, 15) is 0 Å². The van der Waals surface area contributed by atoms with Gasteiger partial charge in [0, 0.05) is 16.6 Å². The molecule has 1 aromatic heterocycles. The molecule has 3 nitrogen and oxygen atoms in total. The van der Waals surface area contributed by atoms with E-state index in [0.29, 0.717) is 11.6 Å². The van der Waals surface area contributed by atoms with Crippen LogP contribution in [0.15, 0.2) is 33.5 Å². The van der Waals surface area contributed by atoms with E-state index < -0.39 is 0 Å². The van der Waals surface area contributed by atoms with E-state index in [1.165, 1.54) is 6.39 Å². The first-order valence-corrected chi connectivity index (χ1v) is 6.48. The third-order valence-corrected chi connectivity index (χ3v) is 3.68. The van der Waals surface area contributed by atoms with Gasteiger partial charge in [-0.15, -0.1) is 0 Å². The summed E-state index contributed by atoms with van der Waals surface area (Å²) >= 11 is 9.63. The molecule has 90 valence electrons. The van der Waals surface area contributed by atoms with E-state index in [0.717, 1.165) is 28.0 Å². The van der Waals surface area contributed by atoms with Crippen LogP contribution in [0.25, 0.3) is 11.3 Å². The first-order chi connectivity index (χ1) is 8.24. The minimum atomic E-state index is 0.641. The highest BCUT2D eigenvalue weighted by Gasteiger charge is 2.14. The van der Waals surface area contributed by atoms with Crippen molar-refractivity contribution in [3.8, 4) is 11.3 Å². The fraction of sp³-hybridized carbons (Fsp3) is 0.250. The average Bonchev–Trinajstić information content (AvgIpc) is 2.78. The molecule has 17 heavy (non-hydrogen) atoms. The summed E-state index contributed by atoms with van der Waals surface area (Å²) in [4.78, 5) is 4.20. The number of hydrogen-bond acceptors (Lipinski definition) is 3. The molecule has 0 radical (unpaired) electrons. The van der Waals surface area contributed by atoms with E-state index in [-0.39, 0.29) is 0 Å². The van der Waals surface area contributed by atoms with Gasteiger partial charge in [0.1, 0.15) is 5.69 Å². The Kier molecular flexibility index (Phi) is 4.20. The van der Waals surface area contributed by atoms with E-state index >= 15 is 0 Å². The van der Waals surface area contributed by atoms with Crippen molar-refractivity contribution in [1.82, 2.24) is 10.3 Å². The van der Waals surface area contributed by atoms with Crippen LogP contribution in [0.1, 0.15) is 12.6 Å². The highest BCUT2D eigenvalue weighted by molar-refractivity contribution is 9.10. The van der Waals surface area contributed by atoms with Gasteiger partial charge in [-0.1, -0.05) is 24.6 Å². The van der Waals surface area contributed by atoms with Crippen LogP contribution in [-0.2, 0) is 6.54 Å². The lowest BCUT2D eigenvalue weighted by Crippen LogP contribution is -2.12. The smallest absolute Gasteiger partial charge is 0.181 e. The fourth-order valence-corrected chi connectivity index (χ4v) is 2.11. The van der Waals surface area contributed by atoms with Gasteiger partial charge in [-0.2, -0.15) is 0 Å². The molecule has 0 aliphatic carbocycles. The highest BCUT2D eigenvalue weighted by atomic mass is 79.9. The first-order valence-electron chi connectivity index (χ1n) is 5.31. The lowest BCUT2D eigenvalue weighted by atomic mass is 10.1. The van der Waals surface area contributed by atoms with Crippen molar-refractivity contribution in [1.29, 1.82) is 0 Å². The lowest BCUT2D eigenvalue weighted by molar-refractivity contribution is 0.570. The molecule has 1 N–H and O–H groups in total. The zero-order chi connectivity index (χ0) is 12.3. The predicted octanol–water partition coefficient (Wildman–Crippen LogP) is 3.87. The van der Waals surface area contributed by atoms with Crippen LogP contribution in [0.4, 0.5) is 0 Å². The molecule has 0 unspecified atom stereocenters. The van der Waals surface area contributed by atoms with Gasteiger partial charge in [-0.25, -0.2) is 4.98 Å². The Balaban J connectivity index is 2.39. The second kappa shape index (κ2) is 5.67. The predicted molar refractivity (Wildman–Crippen MR) is 72.0 cm³/mol. The standard InChI is InChI=1S/C12H12BrClN2O/c1-2-15-6-10-12(17-7-16-10)8-4-3-5-9(13)11(8)14/h3-5,7,15H,2,6H2,1H3. The summed E-state index contributed by atoms with van der Waals surface area (Å²) in [5.41, 5.74) is 1.72. The maximum atomic E-state index is 6.24.